The maximum atomic E-state index is 14.4. The maximum Gasteiger partial charge on any atom is 0.242 e. The van der Waals surface area contributed by atoms with E-state index in [2.05, 4.69) is 15.2 Å². The fourth-order valence-corrected chi connectivity index (χ4v) is 3.31. The zero-order valence-corrected chi connectivity index (χ0v) is 16.2. The van der Waals surface area contributed by atoms with Crippen molar-refractivity contribution in [3.8, 4) is 5.69 Å². The first-order valence-electron chi connectivity index (χ1n) is 9.47. The first-order chi connectivity index (χ1) is 13.6. The molecule has 1 amide bonds. The van der Waals surface area contributed by atoms with Crippen LogP contribution in [0.15, 0.2) is 67.3 Å². The normalized spacial score (nSPS) is 12.1. The van der Waals surface area contributed by atoms with Crippen LogP contribution in [0.2, 0.25) is 0 Å². The number of benzene rings is 2. The van der Waals surface area contributed by atoms with Gasteiger partial charge in [0.1, 0.15) is 11.9 Å². The highest BCUT2D eigenvalue weighted by Gasteiger charge is 2.25. The van der Waals surface area contributed by atoms with Gasteiger partial charge in [0, 0.05) is 18.9 Å². The van der Waals surface area contributed by atoms with E-state index in [1.165, 1.54) is 6.07 Å². The molecule has 0 aliphatic carbocycles. The maximum absolute atomic E-state index is 14.4. The molecule has 0 spiro atoms. The Bertz CT molecular complexity index is 892. The van der Waals surface area contributed by atoms with Gasteiger partial charge in [-0.05, 0) is 36.3 Å². The molecule has 0 aliphatic heterocycles. The highest BCUT2D eigenvalue weighted by molar-refractivity contribution is 5.83. The minimum Gasteiger partial charge on any atom is -0.350 e. The largest absolute Gasteiger partial charge is 0.350 e. The van der Waals surface area contributed by atoms with Gasteiger partial charge in [-0.25, -0.2) is 9.37 Å². The number of rotatable bonds is 8. The van der Waals surface area contributed by atoms with E-state index in [-0.39, 0.29) is 24.3 Å². The fourth-order valence-electron chi connectivity index (χ4n) is 3.31. The number of nitrogens with zero attached hydrogens (tertiary/aromatic N) is 3. The molecule has 1 N–H and O–H groups in total. The van der Waals surface area contributed by atoms with E-state index in [4.69, 9.17) is 0 Å². The molecule has 146 valence electrons. The van der Waals surface area contributed by atoms with Gasteiger partial charge < -0.3 is 9.88 Å². The summed E-state index contributed by atoms with van der Waals surface area (Å²) in [6, 6.07) is 14.3. The molecule has 0 saturated heterocycles. The van der Waals surface area contributed by atoms with Crippen LogP contribution >= 0.6 is 0 Å². The number of likely N-dealkylation sites (N-methyl/N-ethyl adjacent to an activating group) is 1. The number of imidazole rings is 1. The van der Waals surface area contributed by atoms with E-state index < -0.39 is 0 Å². The molecule has 3 rings (SSSR count). The minimum absolute atomic E-state index is 0.0889. The highest BCUT2D eigenvalue weighted by atomic mass is 19.1. The Kier molecular flexibility index (Phi) is 6.55. The topological polar surface area (TPSA) is 50.2 Å². The Balaban J connectivity index is 1.73. The van der Waals surface area contributed by atoms with E-state index in [0.717, 1.165) is 18.7 Å². The number of nitrogens with one attached hydrogen (secondary N) is 1. The number of hydrogen-bond acceptors (Lipinski definition) is 3. The third-order valence-corrected chi connectivity index (χ3v) is 4.80. The summed E-state index contributed by atoms with van der Waals surface area (Å²) in [6.45, 7) is 5.87. The summed E-state index contributed by atoms with van der Waals surface area (Å²) in [4.78, 5) is 19.0. The van der Waals surface area contributed by atoms with Gasteiger partial charge in [-0.1, -0.05) is 50.2 Å². The molecule has 0 aliphatic rings. The average Bonchev–Trinajstić information content (AvgIpc) is 3.25. The van der Waals surface area contributed by atoms with Gasteiger partial charge in [0.2, 0.25) is 5.91 Å². The lowest BCUT2D eigenvalue weighted by Crippen LogP contribution is -2.40. The van der Waals surface area contributed by atoms with Crippen LogP contribution in [-0.4, -0.2) is 33.4 Å². The van der Waals surface area contributed by atoms with Crippen LogP contribution in [0, 0.1) is 5.82 Å². The molecule has 28 heavy (non-hydrogen) atoms. The zero-order chi connectivity index (χ0) is 19.9. The minimum atomic E-state index is -0.369. The van der Waals surface area contributed by atoms with E-state index in [0.29, 0.717) is 11.3 Å². The zero-order valence-electron chi connectivity index (χ0n) is 16.2. The van der Waals surface area contributed by atoms with Crippen LogP contribution in [0.4, 0.5) is 4.39 Å². The molecule has 0 radical (unpaired) electrons. The number of amides is 1. The summed E-state index contributed by atoms with van der Waals surface area (Å²) in [5.74, 6) is -0.443. The summed E-state index contributed by atoms with van der Waals surface area (Å²) in [5.41, 5.74) is 2.09. The molecule has 0 bridgehead atoms. The lowest BCUT2D eigenvalue weighted by molar-refractivity contribution is -0.126. The van der Waals surface area contributed by atoms with Crippen LogP contribution < -0.4 is 5.32 Å². The van der Waals surface area contributed by atoms with Crippen molar-refractivity contribution in [2.24, 2.45) is 0 Å². The van der Waals surface area contributed by atoms with Gasteiger partial charge in [0.05, 0.1) is 12.0 Å². The van der Waals surface area contributed by atoms with Crippen LogP contribution in [0.25, 0.3) is 5.69 Å². The van der Waals surface area contributed by atoms with Crippen molar-refractivity contribution in [1.29, 1.82) is 0 Å². The lowest BCUT2D eigenvalue weighted by Gasteiger charge is -2.29. The molecular formula is C22H25FN4O. The molecule has 0 fully saturated rings. The molecule has 1 atom stereocenters. The van der Waals surface area contributed by atoms with Gasteiger partial charge in [0.25, 0.3) is 0 Å². The van der Waals surface area contributed by atoms with Gasteiger partial charge >= 0.3 is 0 Å². The monoisotopic (exact) mass is 380 g/mol. The van der Waals surface area contributed by atoms with Crippen molar-refractivity contribution in [1.82, 2.24) is 19.8 Å². The molecule has 1 unspecified atom stereocenters. The lowest BCUT2D eigenvalue weighted by atomic mass is 10.0. The summed E-state index contributed by atoms with van der Waals surface area (Å²) >= 11 is 0. The third kappa shape index (κ3) is 4.46. The van der Waals surface area contributed by atoms with Crippen molar-refractivity contribution in [3.05, 3.63) is 84.2 Å². The SMILES string of the molecule is CCN(CC)C(C(=O)NCc1ccc(-n2ccnc2)c(F)c1)c1ccccc1. The smallest absolute Gasteiger partial charge is 0.242 e. The van der Waals surface area contributed by atoms with Crippen LogP contribution in [-0.2, 0) is 11.3 Å². The van der Waals surface area contributed by atoms with E-state index in [1.54, 1.807) is 29.4 Å². The van der Waals surface area contributed by atoms with Crippen molar-refractivity contribution >= 4 is 5.91 Å². The van der Waals surface area contributed by atoms with Crippen molar-refractivity contribution < 1.29 is 9.18 Å². The second-order valence-electron chi connectivity index (χ2n) is 6.51. The molecular weight excluding hydrogens is 355 g/mol. The number of aromatic nitrogens is 2. The second kappa shape index (κ2) is 9.28. The van der Waals surface area contributed by atoms with Gasteiger partial charge in [-0.2, -0.15) is 0 Å². The molecule has 5 nitrogen and oxygen atoms in total. The highest BCUT2D eigenvalue weighted by Crippen LogP contribution is 2.21. The van der Waals surface area contributed by atoms with Crippen molar-refractivity contribution in [2.45, 2.75) is 26.4 Å². The Morgan fingerprint density at radius 3 is 2.54 bits per heavy atom. The van der Waals surface area contributed by atoms with Crippen LogP contribution in [0.5, 0.6) is 0 Å². The number of halogens is 1. The van der Waals surface area contributed by atoms with Gasteiger partial charge in [-0.3, -0.25) is 9.69 Å². The first kappa shape index (κ1) is 19.8. The quantitative estimate of drug-likeness (QED) is 0.648. The van der Waals surface area contributed by atoms with Crippen molar-refractivity contribution in [2.75, 3.05) is 13.1 Å². The van der Waals surface area contributed by atoms with Crippen LogP contribution in [0.3, 0.4) is 0 Å². The Labute approximate surface area is 164 Å². The molecule has 0 saturated carbocycles. The van der Waals surface area contributed by atoms with E-state index in [9.17, 15) is 9.18 Å². The first-order valence-corrected chi connectivity index (χ1v) is 9.47. The second-order valence-corrected chi connectivity index (χ2v) is 6.51. The molecule has 6 heteroatoms. The number of carbonyl (C=O) groups excluding carboxylic acids is 1. The number of hydrogen-bond donors (Lipinski definition) is 1. The standard InChI is InChI=1S/C22H25FN4O/c1-3-26(4-2)21(18-8-6-5-7-9-18)22(28)25-15-17-10-11-20(19(23)14-17)27-13-12-24-16-27/h5-14,16,21H,3-4,15H2,1-2H3,(H,25,28). The number of carbonyl (C=O) groups is 1. The Morgan fingerprint density at radius 2 is 1.93 bits per heavy atom. The summed E-state index contributed by atoms with van der Waals surface area (Å²) < 4.78 is 16.0. The Morgan fingerprint density at radius 1 is 1.18 bits per heavy atom. The summed E-state index contributed by atoms with van der Waals surface area (Å²) in [7, 11) is 0. The molecule has 1 aromatic heterocycles. The van der Waals surface area contributed by atoms with Gasteiger partial charge in [0.15, 0.2) is 0 Å². The van der Waals surface area contributed by atoms with E-state index >= 15 is 0 Å². The predicted octanol–water partition coefficient (Wildman–Crippen LogP) is 3.71. The van der Waals surface area contributed by atoms with Crippen molar-refractivity contribution in [3.63, 3.8) is 0 Å². The molecule has 1 heterocycles. The molecule has 3 aromatic rings. The van der Waals surface area contributed by atoms with E-state index in [1.807, 2.05) is 50.2 Å². The summed E-state index contributed by atoms with van der Waals surface area (Å²) in [6.07, 6.45) is 4.84. The van der Waals surface area contributed by atoms with Crippen LogP contribution in [0.1, 0.15) is 31.0 Å². The predicted molar refractivity (Wildman–Crippen MR) is 107 cm³/mol. The molecule has 2 aromatic carbocycles. The average molecular weight is 380 g/mol. The Hall–Kier alpha value is -2.99. The third-order valence-electron chi connectivity index (χ3n) is 4.80. The van der Waals surface area contributed by atoms with Gasteiger partial charge in [-0.15, -0.1) is 0 Å². The summed E-state index contributed by atoms with van der Waals surface area (Å²) in [5, 5.41) is 2.96. The fraction of sp³-hybridized carbons (Fsp3) is 0.273.